The molecule has 0 saturated carbocycles. The van der Waals surface area contributed by atoms with Crippen molar-refractivity contribution in [3.8, 4) is 45.4 Å². The van der Waals surface area contributed by atoms with Gasteiger partial charge in [-0.05, 0) is 54.1 Å². The molecule has 1 aliphatic rings. The molecule has 5 rings (SSSR count). The standard InChI is InChI=1S/C29H26ClN3O6/c1-38-21-8-4-19(5-9-21)32-12-14-33(15-13-32)27(37)11-10-24-28(18-2-6-20(34)7-3-18)29(39-31-24)22-16-23(30)26(36)17-25(22)35/h2-11,16-17,34-36H,12-15H2,1H3/b11-10+. The molecule has 1 saturated heterocycles. The Balaban J connectivity index is 1.37. The first kappa shape index (κ1) is 26.0. The van der Waals surface area contributed by atoms with Crippen LogP contribution in [0.25, 0.3) is 28.5 Å². The highest BCUT2D eigenvalue weighted by molar-refractivity contribution is 6.32. The van der Waals surface area contributed by atoms with E-state index in [1.807, 2.05) is 24.3 Å². The molecule has 1 aliphatic heterocycles. The van der Waals surface area contributed by atoms with Gasteiger partial charge in [0, 0.05) is 44.0 Å². The molecular weight excluding hydrogens is 522 g/mol. The third kappa shape index (κ3) is 5.49. The molecule has 0 spiro atoms. The fourth-order valence-corrected chi connectivity index (χ4v) is 4.64. The van der Waals surface area contributed by atoms with Gasteiger partial charge in [0.15, 0.2) is 5.76 Å². The maximum absolute atomic E-state index is 13.0. The first-order valence-electron chi connectivity index (χ1n) is 12.2. The van der Waals surface area contributed by atoms with Crippen LogP contribution < -0.4 is 9.64 Å². The summed E-state index contributed by atoms with van der Waals surface area (Å²) < 4.78 is 10.8. The van der Waals surface area contributed by atoms with Crippen molar-refractivity contribution >= 4 is 29.3 Å². The summed E-state index contributed by atoms with van der Waals surface area (Å²) in [4.78, 5) is 17.0. The lowest BCUT2D eigenvalue weighted by Crippen LogP contribution is -2.48. The van der Waals surface area contributed by atoms with E-state index in [1.165, 1.54) is 24.3 Å². The van der Waals surface area contributed by atoms with Crippen LogP contribution in [0, 0.1) is 0 Å². The van der Waals surface area contributed by atoms with Crippen molar-refractivity contribution in [1.29, 1.82) is 0 Å². The number of hydrogen-bond donors (Lipinski definition) is 3. The molecular formula is C29H26ClN3O6. The van der Waals surface area contributed by atoms with Crippen molar-refractivity contribution in [2.45, 2.75) is 0 Å². The number of anilines is 1. The molecule has 0 aliphatic carbocycles. The Hall–Kier alpha value is -4.63. The minimum absolute atomic E-state index is 0.0249. The summed E-state index contributed by atoms with van der Waals surface area (Å²) in [6, 6.07) is 16.7. The van der Waals surface area contributed by atoms with E-state index in [-0.39, 0.29) is 39.5 Å². The number of amides is 1. The van der Waals surface area contributed by atoms with E-state index in [4.69, 9.17) is 20.9 Å². The monoisotopic (exact) mass is 547 g/mol. The smallest absolute Gasteiger partial charge is 0.246 e. The van der Waals surface area contributed by atoms with Crippen LogP contribution in [0.15, 0.2) is 71.3 Å². The summed E-state index contributed by atoms with van der Waals surface area (Å²) in [5, 5.41) is 34.2. The van der Waals surface area contributed by atoms with E-state index >= 15 is 0 Å². The highest BCUT2D eigenvalue weighted by Gasteiger charge is 2.24. The summed E-state index contributed by atoms with van der Waals surface area (Å²) in [7, 11) is 1.63. The van der Waals surface area contributed by atoms with Crippen molar-refractivity contribution in [2.75, 3.05) is 38.2 Å². The average Bonchev–Trinajstić information content (AvgIpc) is 3.38. The third-order valence-electron chi connectivity index (χ3n) is 6.60. The number of phenolic OH excluding ortho intramolecular Hbond substituents is 3. The topological polar surface area (TPSA) is 120 Å². The molecule has 1 fully saturated rings. The van der Waals surface area contributed by atoms with Crippen LogP contribution in [0.3, 0.4) is 0 Å². The van der Waals surface area contributed by atoms with Gasteiger partial charge in [-0.3, -0.25) is 4.79 Å². The number of benzene rings is 3. The molecule has 10 heteroatoms. The summed E-state index contributed by atoms with van der Waals surface area (Å²) in [6.07, 6.45) is 3.00. The number of piperazine rings is 1. The van der Waals surface area contributed by atoms with Crippen molar-refractivity contribution in [1.82, 2.24) is 10.1 Å². The summed E-state index contributed by atoms with van der Waals surface area (Å²) in [6.45, 7) is 2.51. The second kappa shape index (κ2) is 11.0. The van der Waals surface area contributed by atoms with Gasteiger partial charge in [-0.2, -0.15) is 0 Å². The maximum Gasteiger partial charge on any atom is 0.246 e. The van der Waals surface area contributed by atoms with Crippen LogP contribution in [-0.2, 0) is 4.79 Å². The van der Waals surface area contributed by atoms with E-state index in [0.717, 1.165) is 17.5 Å². The van der Waals surface area contributed by atoms with Gasteiger partial charge in [0.2, 0.25) is 5.91 Å². The Kier molecular flexibility index (Phi) is 7.33. The van der Waals surface area contributed by atoms with Crippen LogP contribution in [0.2, 0.25) is 5.02 Å². The number of ether oxygens (including phenoxy) is 1. The predicted molar refractivity (Wildman–Crippen MR) is 148 cm³/mol. The lowest BCUT2D eigenvalue weighted by molar-refractivity contribution is -0.126. The summed E-state index contributed by atoms with van der Waals surface area (Å²) in [5.41, 5.74) is 2.76. The number of halogens is 1. The SMILES string of the molecule is COc1ccc(N2CCN(C(=O)/C=C/c3noc(-c4cc(Cl)c(O)cc4O)c3-c3ccc(O)cc3)CC2)cc1. The molecule has 0 bridgehead atoms. The van der Waals surface area contributed by atoms with Crippen LogP contribution >= 0.6 is 11.6 Å². The molecule has 200 valence electrons. The predicted octanol–water partition coefficient (Wildman–Crippen LogP) is 5.15. The van der Waals surface area contributed by atoms with Crippen LogP contribution in [0.5, 0.6) is 23.0 Å². The Bertz CT molecular complexity index is 1510. The molecule has 0 radical (unpaired) electrons. The van der Waals surface area contributed by atoms with Gasteiger partial charge in [0.1, 0.15) is 28.7 Å². The highest BCUT2D eigenvalue weighted by Crippen LogP contribution is 2.43. The van der Waals surface area contributed by atoms with Crippen LogP contribution in [-0.4, -0.2) is 64.6 Å². The Morgan fingerprint density at radius 3 is 2.33 bits per heavy atom. The fraction of sp³-hybridized carbons (Fsp3) is 0.172. The number of aromatic nitrogens is 1. The number of phenols is 3. The Morgan fingerprint density at radius 2 is 1.67 bits per heavy atom. The van der Waals surface area contributed by atoms with E-state index in [2.05, 4.69) is 10.1 Å². The number of aromatic hydroxyl groups is 3. The van der Waals surface area contributed by atoms with E-state index in [9.17, 15) is 20.1 Å². The Labute approximate surface area is 229 Å². The largest absolute Gasteiger partial charge is 0.508 e. The zero-order valence-corrected chi connectivity index (χ0v) is 21.8. The molecule has 1 amide bonds. The van der Waals surface area contributed by atoms with Gasteiger partial charge >= 0.3 is 0 Å². The van der Waals surface area contributed by atoms with Crippen molar-refractivity contribution in [3.05, 3.63) is 77.5 Å². The minimum atomic E-state index is -0.276. The van der Waals surface area contributed by atoms with E-state index in [0.29, 0.717) is 43.0 Å². The third-order valence-corrected chi connectivity index (χ3v) is 6.90. The van der Waals surface area contributed by atoms with Crippen LogP contribution in [0.1, 0.15) is 5.69 Å². The van der Waals surface area contributed by atoms with Gasteiger partial charge in [0.25, 0.3) is 0 Å². The first-order valence-corrected chi connectivity index (χ1v) is 12.6. The molecule has 1 aromatic heterocycles. The number of hydrogen-bond acceptors (Lipinski definition) is 8. The van der Waals surface area contributed by atoms with Crippen LogP contribution in [0.4, 0.5) is 5.69 Å². The van der Waals surface area contributed by atoms with Gasteiger partial charge in [-0.1, -0.05) is 28.9 Å². The van der Waals surface area contributed by atoms with Crippen molar-refractivity contribution in [2.24, 2.45) is 0 Å². The fourth-order valence-electron chi connectivity index (χ4n) is 4.47. The number of rotatable bonds is 6. The minimum Gasteiger partial charge on any atom is -0.508 e. The average molecular weight is 548 g/mol. The quantitative estimate of drug-likeness (QED) is 0.284. The number of carbonyl (C=O) groups is 1. The molecule has 39 heavy (non-hydrogen) atoms. The second-order valence-corrected chi connectivity index (χ2v) is 9.39. The molecule has 9 nitrogen and oxygen atoms in total. The molecule has 4 aromatic rings. The number of methoxy groups -OCH3 is 1. The molecule has 2 heterocycles. The summed E-state index contributed by atoms with van der Waals surface area (Å²) >= 11 is 6.08. The normalized spacial score (nSPS) is 13.7. The van der Waals surface area contributed by atoms with Crippen molar-refractivity contribution < 1.29 is 29.4 Å². The van der Waals surface area contributed by atoms with Gasteiger partial charge in [-0.15, -0.1) is 0 Å². The molecule has 3 N–H and O–H groups in total. The lowest BCUT2D eigenvalue weighted by atomic mass is 9.98. The first-order chi connectivity index (χ1) is 18.8. The highest BCUT2D eigenvalue weighted by atomic mass is 35.5. The Morgan fingerprint density at radius 1 is 0.974 bits per heavy atom. The second-order valence-electron chi connectivity index (χ2n) is 8.98. The van der Waals surface area contributed by atoms with E-state index in [1.54, 1.807) is 30.2 Å². The lowest BCUT2D eigenvalue weighted by Gasteiger charge is -2.35. The van der Waals surface area contributed by atoms with Gasteiger partial charge in [-0.25, -0.2) is 0 Å². The number of nitrogens with zero attached hydrogens (tertiary/aromatic N) is 3. The summed E-state index contributed by atoms with van der Waals surface area (Å²) in [5.74, 6) is 0.370. The van der Waals surface area contributed by atoms with Gasteiger partial charge < -0.3 is 34.4 Å². The van der Waals surface area contributed by atoms with Crippen molar-refractivity contribution in [3.63, 3.8) is 0 Å². The number of carbonyl (C=O) groups excluding carboxylic acids is 1. The molecule has 0 unspecified atom stereocenters. The zero-order chi connectivity index (χ0) is 27.5. The van der Waals surface area contributed by atoms with Gasteiger partial charge in [0.05, 0.1) is 23.3 Å². The zero-order valence-electron chi connectivity index (χ0n) is 21.0. The van der Waals surface area contributed by atoms with E-state index < -0.39 is 0 Å². The molecule has 0 atom stereocenters. The maximum atomic E-state index is 13.0. The molecule has 3 aromatic carbocycles.